The number of carboxylic acid groups (broad SMARTS) is 1. The molecule has 1 aliphatic rings. The normalized spacial score (nSPS) is 17.3. The maximum Gasteiger partial charge on any atom is 0.306 e. The van der Waals surface area contributed by atoms with Gasteiger partial charge < -0.3 is 15.2 Å². The summed E-state index contributed by atoms with van der Waals surface area (Å²) < 4.78 is 5.33. The van der Waals surface area contributed by atoms with Crippen LogP contribution in [0.3, 0.4) is 0 Å². The Hall–Kier alpha value is -3.63. The fourth-order valence-electron chi connectivity index (χ4n) is 4.95. The second kappa shape index (κ2) is 11.0. The van der Waals surface area contributed by atoms with Crippen LogP contribution in [0.5, 0.6) is 5.75 Å². The molecule has 1 aliphatic carbocycles. The fourth-order valence-corrected chi connectivity index (χ4v) is 6.02. The van der Waals surface area contributed by atoms with Gasteiger partial charge in [-0.15, -0.1) is 11.3 Å². The van der Waals surface area contributed by atoms with Crippen molar-refractivity contribution in [2.75, 3.05) is 7.11 Å². The van der Waals surface area contributed by atoms with E-state index >= 15 is 0 Å². The summed E-state index contributed by atoms with van der Waals surface area (Å²) in [7, 11) is 1.59. The van der Waals surface area contributed by atoms with Gasteiger partial charge in [0.2, 0.25) is 0 Å². The van der Waals surface area contributed by atoms with Gasteiger partial charge in [0.15, 0.2) is 0 Å². The predicted octanol–water partition coefficient (Wildman–Crippen LogP) is 5.88. The van der Waals surface area contributed by atoms with Gasteiger partial charge in [-0.1, -0.05) is 24.3 Å². The number of hydrogen-bond donors (Lipinski definition) is 2. The highest BCUT2D eigenvalue weighted by Gasteiger charge is 2.28. The zero-order chi connectivity index (χ0) is 25.8. The number of thiophene rings is 1. The van der Waals surface area contributed by atoms with Crippen LogP contribution >= 0.6 is 11.3 Å². The molecule has 0 spiro atoms. The van der Waals surface area contributed by atoms with Crippen molar-refractivity contribution >= 4 is 23.2 Å². The Balaban J connectivity index is 1.50. The average Bonchev–Trinajstić information content (AvgIpc) is 3.16. The Morgan fingerprint density at radius 1 is 1.06 bits per heavy atom. The Kier molecular flexibility index (Phi) is 7.76. The van der Waals surface area contributed by atoms with Crippen molar-refractivity contribution in [1.82, 2.24) is 5.32 Å². The molecule has 36 heavy (non-hydrogen) atoms. The molecule has 186 valence electrons. The van der Waals surface area contributed by atoms with Gasteiger partial charge in [-0.3, -0.25) is 9.59 Å². The minimum absolute atomic E-state index is 0.0148. The molecule has 3 aromatic rings. The molecule has 1 aromatic heterocycles. The van der Waals surface area contributed by atoms with Crippen molar-refractivity contribution in [1.29, 1.82) is 5.26 Å². The first-order valence-corrected chi connectivity index (χ1v) is 12.9. The molecule has 7 heteroatoms. The number of rotatable bonds is 7. The first kappa shape index (κ1) is 25.5. The van der Waals surface area contributed by atoms with Gasteiger partial charge >= 0.3 is 5.97 Å². The molecule has 0 aliphatic heterocycles. The van der Waals surface area contributed by atoms with E-state index in [9.17, 15) is 20.0 Å². The monoisotopic (exact) mass is 502 g/mol. The number of carbonyl (C=O) groups excluding carboxylic acids is 1. The van der Waals surface area contributed by atoms with E-state index in [1.807, 2.05) is 31.2 Å². The minimum Gasteiger partial charge on any atom is -0.497 e. The first-order chi connectivity index (χ1) is 17.3. The van der Waals surface area contributed by atoms with E-state index in [1.54, 1.807) is 24.5 Å². The van der Waals surface area contributed by atoms with E-state index in [0.717, 1.165) is 37.6 Å². The summed E-state index contributed by atoms with van der Waals surface area (Å²) in [6.07, 6.45) is 3.24. The first-order valence-electron chi connectivity index (χ1n) is 12.1. The van der Waals surface area contributed by atoms with Crippen molar-refractivity contribution in [3.8, 4) is 22.9 Å². The standard InChI is InChI=1S/C29H30N2O4S/c1-17-26(27(18(2)36-17)28(32)31-24-10-8-22(9-11-24)29(33)34)14-19-4-6-21(7-5-19)23-12-20(16-30)13-25(15-23)35-3/h4-7,12-13,15,22,24H,8-11,14H2,1-3H3,(H,31,32)(H,33,34). The summed E-state index contributed by atoms with van der Waals surface area (Å²) in [5.41, 5.74) is 5.33. The smallest absolute Gasteiger partial charge is 0.306 e. The number of aliphatic carboxylic acids is 1. The molecule has 0 saturated heterocycles. The van der Waals surface area contributed by atoms with Gasteiger partial charge in [0.05, 0.1) is 30.2 Å². The lowest BCUT2D eigenvalue weighted by atomic mass is 9.86. The lowest BCUT2D eigenvalue weighted by Crippen LogP contribution is -2.39. The molecule has 1 amide bonds. The second-order valence-electron chi connectivity index (χ2n) is 9.36. The Morgan fingerprint density at radius 3 is 2.36 bits per heavy atom. The molecule has 0 atom stereocenters. The number of carboxylic acids is 1. The van der Waals surface area contributed by atoms with Crippen LogP contribution in [0.1, 0.15) is 62.5 Å². The van der Waals surface area contributed by atoms with E-state index in [2.05, 4.69) is 30.4 Å². The van der Waals surface area contributed by atoms with E-state index in [1.165, 1.54) is 0 Å². The summed E-state index contributed by atoms with van der Waals surface area (Å²) in [6, 6.07) is 15.8. The van der Waals surface area contributed by atoms with E-state index in [0.29, 0.717) is 43.4 Å². The van der Waals surface area contributed by atoms with Crippen LogP contribution < -0.4 is 10.1 Å². The number of amides is 1. The lowest BCUT2D eigenvalue weighted by Gasteiger charge is -2.27. The van der Waals surface area contributed by atoms with Crippen LogP contribution in [0.4, 0.5) is 0 Å². The molecular weight excluding hydrogens is 472 g/mol. The highest BCUT2D eigenvalue weighted by atomic mass is 32.1. The van der Waals surface area contributed by atoms with Gasteiger partial charge in [0.1, 0.15) is 5.75 Å². The van der Waals surface area contributed by atoms with E-state index in [-0.39, 0.29) is 17.9 Å². The van der Waals surface area contributed by atoms with Crippen LogP contribution in [0.25, 0.3) is 11.1 Å². The number of carbonyl (C=O) groups is 2. The van der Waals surface area contributed by atoms with Gasteiger partial charge in [-0.2, -0.15) is 5.26 Å². The zero-order valence-electron chi connectivity index (χ0n) is 20.8. The minimum atomic E-state index is -0.741. The van der Waals surface area contributed by atoms with Crippen LogP contribution in [0.15, 0.2) is 42.5 Å². The van der Waals surface area contributed by atoms with Gasteiger partial charge in [0.25, 0.3) is 5.91 Å². The SMILES string of the molecule is COc1cc(C#N)cc(-c2ccc(Cc3c(C)sc(C)c3C(=O)NC3CCC(C(=O)O)CC3)cc2)c1. The van der Waals surface area contributed by atoms with Crippen molar-refractivity contribution < 1.29 is 19.4 Å². The van der Waals surface area contributed by atoms with Crippen molar-refractivity contribution in [3.63, 3.8) is 0 Å². The van der Waals surface area contributed by atoms with Crippen molar-refractivity contribution in [2.24, 2.45) is 5.92 Å². The van der Waals surface area contributed by atoms with Crippen molar-refractivity contribution in [2.45, 2.75) is 52.0 Å². The number of benzene rings is 2. The highest BCUT2D eigenvalue weighted by molar-refractivity contribution is 7.12. The largest absolute Gasteiger partial charge is 0.497 e. The third kappa shape index (κ3) is 5.60. The quantitative estimate of drug-likeness (QED) is 0.421. The third-order valence-corrected chi connectivity index (χ3v) is 8.03. The molecule has 1 fully saturated rings. The van der Waals surface area contributed by atoms with Crippen molar-refractivity contribution in [3.05, 3.63) is 74.5 Å². The lowest BCUT2D eigenvalue weighted by molar-refractivity contribution is -0.142. The molecule has 0 unspecified atom stereocenters. The summed E-state index contributed by atoms with van der Waals surface area (Å²) in [4.78, 5) is 26.6. The fraction of sp³-hybridized carbons (Fsp3) is 0.345. The average molecular weight is 503 g/mol. The van der Waals surface area contributed by atoms with Gasteiger partial charge in [-0.05, 0) is 86.4 Å². The zero-order valence-corrected chi connectivity index (χ0v) is 21.6. The molecule has 2 aromatic carbocycles. The molecule has 1 heterocycles. The molecule has 1 saturated carbocycles. The number of nitriles is 1. The Bertz CT molecular complexity index is 1310. The summed E-state index contributed by atoms with van der Waals surface area (Å²) >= 11 is 1.63. The maximum absolute atomic E-state index is 13.3. The Labute approximate surface area is 215 Å². The molecule has 0 bridgehead atoms. The number of nitrogens with zero attached hydrogens (tertiary/aromatic N) is 1. The molecule has 6 nitrogen and oxygen atoms in total. The van der Waals surface area contributed by atoms with Crippen LogP contribution in [-0.2, 0) is 11.2 Å². The summed E-state index contributed by atoms with van der Waals surface area (Å²) in [5.74, 6) is -0.466. The number of ether oxygens (including phenoxy) is 1. The maximum atomic E-state index is 13.3. The summed E-state index contributed by atoms with van der Waals surface area (Å²) in [6.45, 7) is 4.03. The highest BCUT2D eigenvalue weighted by Crippen LogP contribution is 2.32. The number of aryl methyl sites for hydroxylation is 2. The van der Waals surface area contributed by atoms with Gasteiger partial charge in [-0.25, -0.2) is 0 Å². The molecular formula is C29H30N2O4S. The molecule has 4 rings (SSSR count). The topological polar surface area (TPSA) is 99.4 Å². The second-order valence-corrected chi connectivity index (χ2v) is 10.8. The number of hydrogen-bond acceptors (Lipinski definition) is 5. The third-order valence-electron chi connectivity index (χ3n) is 6.96. The Morgan fingerprint density at radius 2 is 1.75 bits per heavy atom. The van der Waals surface area contributed by atoms with Crippen LogP contribution in [0.2, 0.25) is 0 Å². The number of methoxy groups -OCH3 is 1. The van der Waals surface area contributed by atoms with E-state index in [4.69, 9.17) is 4.74 Å². The van der Waals surface area contributed by atoms with Gasteiger partial charge in [0, 0.05) is 15.8 Å². The molecule has 0 radical (unpaired) electrons. The summed E-state index contributed by atoms with van der Waals surface area (Å²) in [5, 5.41) is 21.7. The van der Waals surface area contributed by atoms with E-state index < -0.39 is 5.97 Å². The van der Waals surface area contributed by atoms with Crippen LogP contribution in [-0.4, -0.2) is 30.1 Å². The number of nitrogens with one attached hydrogen (secondary N) is 1. The molecule has 2 N–H and O–H groups in total. The predicted molar refractivity (Wildman–Crippen MR) is 141 cm³/mol. The van der Waals surface area contributed by atoms with Crippen LogP contribution in [0, 0.1) is 31.1 Å².